The average Bonchev–Trinajstić information content (AvgIpc) is 2.69. The predicted octanol–water partition coefficient (Wildman–Crippen LogP) is 4.47. The molecule has 0 saturated heterocycles. The zero-order chi connectivity index (χ0) is 19.1. The van der Waals surface area contributed by atoms with Crippen molar-refractivity contribution in [3.8, 4) is 11.5 Å². The number of anilines is 1. The van der Waals surface area contributed by atoms with Crippen molar-refractivity contribution in [1.29, 1.82) is 0 Å². The normalized spacial score (nSPS) is 11.0. The molecule has 3 rings (SSSR count). The molecular formula is C21H21NO4S. The highest BCUT2D eigenvalue weighted by Crippen LogP contribution is 2.22. The van der Waals surface area contributed by atoms with E-state index < -0.39 is 10.0 Å². The first-order chi connectivity index (χ1) is 13.1. The Kier molecular flexibility index (Phi) is 5.98. The standard InChI is InChI=1S/C21H21NO4S/c1-2-25-19-12-14-21(15-13-19)27(23,24)22-18-8-10-20(11-9-18)26-16-17-6-4-3-5-7-17/h3-15,22H,2,16H2,1H3. The lowest BCUT2D eigenvalue weighted by Crippen LogP contribution is -2.12. The van der Waals surface area contributed by atoms with Crippen molar-refractivity contribution in [2.24, 2.45) is 0 Å². The summed E-state index contributed by atoms with van der Waals surface area (Å²) in [4.78, 5) is 0.176. The van der Waals surface area contributed by atoms with Crippen molar-refractivity contribution in [3.63, 3.8) is 0 Å². The van der Waals surface area contributed by atoms with Crippen LogP contribution in [-0.4, -0.2) is 15.0 Å². The van der Waals surface area contributed by atoms with Crippen molar-refractivity contribution in [2.45, 2.75) is 18.4 Å². The van der Waals surface area contributed by atoms with Gasteiger partial charge in [-0.25, -0.2) is 8.42 Å². The molecule has 3 aromatic carbocycles. The third-order valence-electron chi connectivity index (χ3n) is 3.80. The Labute approximate surface area is 159 Å². The van der Waals surface area contributed by atoms with Gasteiger partial charge in [-0.2, -0.15) is 0 Å². The van der Waals surface area contributed by atoms with Crippen molar-refractivity contribution < 1.29 is 17.9 Å². The Morgan fingerprint density at radius 3 is 2.00 bits per heavy atom. The lowest BCUT2D eigenvalue weighted by atomic mass is 10.2. The van der Waals surface area contributed by atoms with Gasteiger partial charge in [-0.1, -0.05) is 30.3 Å². The molecule has 27 heavy (non-hydrogen) atoms. The number of ether oxygens (including phenoxy) is 2. The van der Waals surface area contributed by atoms with Crippen LogP contribution in [0.4, 0.5) is 5.69 Å². The highest BCUT2D eigenvalue weighted by Gasteiger charge is 2.14. The third kappa shape index (κ3) is 5.24. The third-order valence-corrected chi connectivity index (χ3v) is 5.20. The summed E-state index contributed by atoms with van der Waals surface area (Å²) in [7, 11) is -3.66. The summed E-state index contributed by atoms with van der Waals surface area (Å²) < 4.78 is 38.6. The number of hydrogen-bond acceptors (Lipinski definition) is 4. The van der Waals surface area contributed by atoms with Crippen LogP contribution in [0.15, 0.2) is 83.8 Å². The topological polar surface area (TPSA) is 64.6 Å². The van der Waals surface area contributed by atoms with Gasteiger partial charge in [-0.05, 0) is 61.0 Å². The fourth-order valence-electron chi connectivity index (χ4n) is 2.46. The molecule has 0 spiro atoms. The van der Waals surface area contributed by atoms with Gasteiger partial charge in [0.25, 0.3) is 10.0 Å². The van der Waals surface area contributed by atoms with E-state index in [0.717, 1.165) is 5.56 Å². The van der Waals surface area contributed by atoms with Crippen LogP contribution in [0.1, 0.15) is 12.5 Å². The SMILES string of the molecule is CCOc1ccc(S(=O)(=O)Nc2ccc(OCc3ccccc3)cc2)cc1. The number of rotatable bonds is 8. The van der Waals surface area contributed by atoms with Crippen LogP contribution in [0.25, 0.3) is 0 Å². The average molecular weight is 383 g/mol. The van der Waals surface area contributed by atoms with E-state index in [1.807, 2.05) is 37.3 Å². The maximum atomic E-state index is 12.5. The van der Waals surface area contributed by atoms with Crippen molar-refractivity contribution in [2.75, 3.05) is 11.3 Å². The van der Waals surface area contributed by atoms with E-state index in [4.69, 9.17) is 9.47 Å². The minimum Gasteiger partial charge on any atom is -0.494 e. The maximum absolute atomic E-state index is 12.5. The van der Waals surface area contributed by atoms with Crippen LogP contribution in [0.5, 0.6) is 11.5 Å². The van der Waals surface area contributed by atoms with Gasteiger partial charge in [0.15, 0.2) is 0 Å². The van der Waals surface area contributed by atoms with Crippen molar-refractivity contribution in [1.82, 2.24) is 0 Å². The van der Waals surface area contributed by atoms with Gasteiger partial charge in [0.1, 0.15) is 18.1 Å². The highest BCUT2D eigenvalue weighted by molar-refractivity contribution is 7.92. The first-order valence-electron chi connectivity index (χ1n) is 8.59. The van der Waals surface area contributed by atoms with Crippen molar-refractivity contribution >= 4 is 15.7 Å². The minimum absolute atomic E-state index is 0.176. The van der Waals surface area contributed by atoms with Crippen molar-refractivity contribution in [3.05, 3.63) is 84.4 Å². The van der Waals surface area contributed by atoms with E-state index >= 15 is 0 Å². The minimum atomic E-state index is -3.66. The maximum Gasteiger partial charge on any atom is 0.261 e. The molecule has 0 unspecified atom stereocenters. The Bertz CT molecular complexity index is 953. The molecule has 0 aliphatic heterocycles. The molecule has 0 saturated carbocycles. The van der Waals surface area contributed by atoms with Crippen LogP contribution >= 0.6 is 0 Å². The van der Waals surface area contributed by atoms with E-state index in [1.165, 1.54) is 12.1 Å². The second-order valence-electron chi connectivity index (χ2n) is 5.81. The molecule has 3 aromatic rings. The summed E-state index contributed by atoms with van der Waals surface area (Å²) in [5.41, 5.74) is 1.54. The summed E-state index contributed by atoms with van der Waals surface area (Å²) in [6.45, 7) is 2.86. The first-order valence-corrected chi connectivity index (χ1v) is 10.1. The smallest absolute Gasteiger partial charge is 0.261 e. The molecule has 0 bridgehead atoms. The second-order valence-corrected chi connectivity index (χ2v) is 7.49. The molecule has 0 radical (unpaired) electrons. The highest BCUT2D eigenvalue weighted by atomic mass is 32.2. The van der Waals surface area contributed by atoms with Gasteiger partial charge >= 0.3 is 0 Å². The molecule has 6 heteroatoms. The summed E-state index contributed by atoms with van der Waals surface area (Å²) in [6.07, 6.45) is 0. The van der Waals surface area contributed by atoms with Gasteiger partial charge in [-0.15, -0.1) is 0 Å². The van der Waals surface area contributed by atoms with Gasteiger partial charge in [0.2, 0.25) is 0 Å². The molecule has 5 nitrogen and oxygen atoms in total. The molecule has 0 amide bonds. The first kappa shape index (κ1) is 18.8. The summed E-state index contributed by atoms with van der Waals surface area (Å²) in [5.74, 6) is 1.30. The fourth-order valence-corrected chi connectivity index (χ4v) is 3.51. The Morgan fingerprint density at radius 1 is 0.778 bits per heavy atom. The molecule has 0 aromatic heterocycles. The van der Waals surface area contributed by atoms with Crippen LogP contribution in [0.2, 0.25) is 0 Å². The Morgan fingerprint density at radius 2 is 1.37 bits per heavy atom. The quantitative estimate of drug-likeness (QED) is 0.623. The lowest BCUT2D eigenvalue weighted by molar-refractivity contribution is 0.306. The van der Waals surface area contributed by atoms with Crippen LogP contribution in [0.3, 0.4) is 0 Å². The molecule has 0 aliphatic rings. The number of sulfonamides is 1. The van der Waals surface area contributed by atoms with Gasteiger partial charge < -0.3 is 9.47 Å². The molecular weight excluding hydrogens is 362 g/mol. The Hall–Kier alpha value is -2.99. The zero-order valence-corrected chi connectivity index (χ0v) is 15.8. The van der Waals surface area contributed by atoms with E-state index in [1.54, 1.807) is 36.4 Å². The lowest BCUT2D eigenvalue weighted by Gasteiger charge is -2.10. The molecule has 0 atom stereocenters. The number of hydrogen-bond donors (Lipinski definition) is 1. The summed E-state index contributed by atoms with van der Waals surface area (Å²) in [5, 5.41) is 0. The second kappa shape index (κ2) is 8.60. The van der Waals surface area contributed by atoms with Crippen LogP contribution < -0.4 is 14.2 Å². The van der Waals surface area contributed by atoms with E-state index in [9.17, 15) is 8.42 Å². The molecule has 0 aliphatic carbocycles. The Balaban J connectivity index is 1.62. The van der Waals surface area contributed by atoms with Gasteiger partial charge in [0.05, 0.1) is 11.5 Å². The van der Waals surface area contributed by atoms with Gasteiger partial charge in [0, 0.05) is 5.69 Å². The number of benzene rings is 3. The zero-order valence-electron chi connectivity index (χ0n) is 15.0. The number of nitrogens with one attached hydrogen (secondary N) is 1. The largest absolute Gasteiger partial charge is 0.494 e. The molecule has 0 fully saturated rings. The van der Waals surface area contributed by atoms with Crippen LogP contribution in [-0.2, 0) is 16.6 Å². The van der Waals surface area contributed by atoms with Gasteiger partial charge in [-0.3, -0.25) is 4.72 Å². The molecule has 0 heterocycles. The monoisotopic (exact) mass is 383 g/mol. The van der Waals surface area contributed by atoms with E-state index in [-0.39, 0.29) is 4.90 Å². The fraction of sp³-hybridized carbons (Fsp3) is 0.143. The summed E-state index contributed by atoms with van der Waals surface area (Å²) in [6, 6.07) is 23.0. The van der Waals surface area contributed by atoms with E-state index in [0.29, 0.717) is 30.4 Å². The van der Waals surface area contributed by atoms with E-state index in [2.05, 4.69) is 4.72 Å². The molecule has 140 valence electrons. The van der Waals surface area contributed by atoms with Crippen LogP contribution in [0, 0.1) is 0 Å². The molecule has 1 N–H and O–H groups in total. The predicted molar refractivity (Wildman–Crippen MR) is 106 cm³/mol. The summed E-state index contributed by atoms with van der Waals surface area (Å²) >= 11 is 0.